The predicted molar refractivity (Wildman–Crippen MR) is 413 cm³/mol. The van der Waals surface area contributed by atoms with Crippen LogP contribution in [-0.2, 0) is 171 Å². The monoisotopic (exact) mass is 1680 g/mol. The maximum absolute atomic E-state index is 11.5. The summed E-state index contributed by atoms with van der Waals surface area (Å²) in [5, 5.41) is 0. The van der Waals surface area contributed by atoms with E-state index in [0.29, 0.717) is 183 Å². The zero-order chi connectivity index (χ0) is 85.4. The molecule has 0 aliphatic rings. The number of esters is 8. The summed E-state index contributed by atoms with van der Waals surface area (Å²) in [6.07, 6.45) is 4.21. The topological polar surface area (TPSA) is 413 Å². The number of benzene rings is 2. The SMILES string of the molecule is CCCCOCCOCC(=O)OCCOCCOCCOC(=O)COCCOCCCC.CCOCCOCCOCCOC(=O)COC.CCOCCOCCOCCOC(=O)COc1ccccc1.COCC(=O)OCCOCCOCCOC(=O)COC.COCC(=O)OCCOCCOCCOC(=O)COc1ccccc1. The molecule has 0 atom stereocenters. The number of hydrogen-bond acceptors (Lipinski definition) is 38. The molecular formula is C78H134O38. The minimum Gasteiger partial charge on any atom is -0.482 e. The van der Waals surface area contributed by atoms with Crippen molar-refractivity contribution < 1.29 is 180 Å². The zero-order valence-corrected chi connectivity index (χ0v) is 69.6. The van der Waals surface area contributed by atoms with E-state index in [1.807, 2.05) is 50.2 Å². The predicted octanol–water partition coefficient (Wildman–Crippen LogP) is 3.93. The van der Waals surface area contributed by atoms with Gasteiger partial charge in [0.05, 0.1) is 172 Å². The van der Waals surface area contributed by atoms with E-state index < -0.39 is 41.8 Å². The molecule has 0 aliphatic carbocycles. The van der Waals surface area contributed by atoms with Crippen molar-refractivity contribution in [2.75, 3.05) is 332 Å². The summed E-state index contributed by atoms with van der Waals surface area (Å²) in [7, 11) is 5.70. The van der Waals surface area contributed by atoms with Crippen LogP contribution in [0.15, 0.2) is 60.7 Å². The lowest BCUT2D eigenvalue weighted by Crippen LogP contribution is -2.19. The number of unbranched alkanes of at least 4 members (excludes halogenated alkanes) is 2. The van der Waals surface area contributed by atoms with Gasteiger partial charge in [-0.25, -0.2) is 38.4 Å². The van der Waals surface area contributed by atoms with Gasteiger partial charge in [0.2, 0.25) is 0 Å². The summed E-state index contributed by atoms with van der Waals surface area (Å²) in [6, 6.07) is 18.1. The second kappa shape index (κ2) is 96.8. The van der Waals surface area contributed by atoms with Crippen molar-refractivity contribution in [3.05, 3.63) is 60.7 Å². The molecule has 674 valence electrons. The third kappa shape index (κ3) is 95.8. The zero-order valence-electron chi connectivity index (χ0n) is 69.6. The fourth-order valence-corrected chi connectivity index (χ4v) is 7.22. The third-order valence-electron chi connectivity index (χ3n) is 12.7. The smallest absolute Gasteiger partial charge is 0.344 e. The highest BCUT2D eigenvalue weighted by atomic mass is 16.6. The Hall–Kier alpha value is -7.00. The van der Waals surface area contributed by atoms with E-state index in [2.05, 4.69) is 32.8 Å². The molecule has 0 unspecified atom stereocenters. The van der Waals surface area contributed by atoms with Crippen LogP contribution in [0, 0.1) is 0 Å². The number of rotatable bonds is 77. The molecule has 0 N–H and O–H groups in total. The van der Waals surface area contributed by atoms with Gasteiger partial charge >= 0.3 is 47.8 Å². The minimum atomic E-state index is -0.457. The number of ether oxygens (including phenoxy) is 30. The lowest BCUT2D eigenvalue weighted by molar-refractivity contribution is -0.152. The Labute approximate surface area is 683 Å². The summed E-state index contributed by atoms with van der Waals surface area (Å²) in [4.78, 5) is 89.3. The summed E-state index contributed by atoms with van der Waals surface area (Å²) >= 11 is 0. The van der Waals surface area contributed by atoms with Crippen LogP contribution in [0.25, 0.3) is 0 Å². The van der Waals surface area contributed by atoms with Crippen LogP contribution in [0.1, 0.15) is 53.4 Å². The fourth-order valence-electron chi connectivity index (χ4n) is 7.22. The van der Waals surface area contributed by atoms with Crippen molar-refractivity contribution in [3.8, 4) is 11.5 Å². The standard InChI is InChI=1S/C22H42O10.C17H24O8.C16H24O6.C12H22O8.C11H22O6/c1-3-5-7-25-11-13-29-19-21(23)31-17-15-27-9-10-28-16-18-32-22(24)20-30-14-12-26-8-6-4-2;1-20-13-16(18)23-11-9-21-7-8-22-10-12-24-17(19)14-25-15-5-3-2-4-6-15;1-2-18-8-9-19-10-11-20-12-13-21-16(17)14-22-15-6-4-3-5-7-15;1-15-9-11(13)19-7-5-17-3-4-18-6-8-20-12(14)10-16-2;1-3-14-4-5-15-6-7-16-8-9-17-11(12)10-13-2/h3-20H2,1-2H3;2-6H,7-14H2,1H3;3-7H,2,8-14H2,1H3;3-10H2,1-2H3;3-10H2,1-2H3. The molecule has 0 aromatic heterocycles. The first-order valence-electron chi connectivity index (χ1n) is 38.6. The molecule has 0 saturated heterocycles. The molecule has 0 amide bonds. The van der Waals surface area contributed by atoms with E-state index in [1.165, 1.54) is 28.4 Å². The van der Waals surface area contributed by atoms with Crippen LogP contribution in [0.3, 0.4) is 0 Å². The Morgan fingerprint density at radius 2 is 0.371 bits per heavy atom. The molecule has 0 fully saturated rings. The Kier molecular flexibility index (Phi) is 94.5. The van der Waals surface area contributed by atoms with E-state index in [4.69, 9.17) is 123 Å². The molecular weight excluding hydrogens is 1540 g/mol. The van der Waals surface area contributed by atoms with Gasteiger partial charge < -0.3 is 142 Å². The van der Waals surface area contributed by atoms with Crippen molar-refractivity contribution in [1.82, 2.24) is 0 Å². The molecule has 2 rings (SSSR count). The molecule has 0 heterocycles. The maximum atomic E-state index is 11.5. The van der Waals surface area contributed by atoms with E-state index >= 15 is 0 Å². The molecule has 0 saturated carbocycles. The van der Waals surface area contributed by atoms with Gasteiger partial charge in [0.15, 0.2) is 13.2 Å². The molecule has 0 bridgehead atoms. The van der Waals surface area contributed by atoms with Crippen molar-refractivity contribution >= 4 is 47.8 Å². The van der Waals surface area contributed by atoms with Gasteiger partial charge in [0.25, 0.3) is 0 Å². The number of hydrogen-bond donors (Lipinski definition) is 0. The quantitative estimate of drug-likeness (QED) is 0.0514. The van der Waals surface area contributed by atoms with Crippen LogP contribution in [-0.4, -0.2) is 380 Å². The van der Waals surface area contributed by atoms with Crippen LogP contribution in [0.2, 0.25) is 0 Å². The van der Waals surface area contributed by atoms with Gasteiger partial charge in [-0.2, -0.15) is 0 Å². The van der Waals surface area contributed by atoms with Gasteiger partial charge in [-0.3, -0.25) is 0 Å². The molecule has 0 radical (unpaired) electrons. The summed E-state index contributed by atoms with van der Waals surface area (Å²) < 4.78 is 151. The Balaban J connectivity index is -0.00000140. The Morgan fingerprint density at radius 1 is 0.198 bits per heavy atom. The van der Waals surface area contributed by atoms with E-state index in [1.54, 1.807) is 24.3 Å². The second-order valence-electron chi connectivity index (χ2n) is 22.3. The second-order valence-corrected chi connectivity index (χ2v) is 22.3. The number of methoxy groups -OCH3 is 4. The lowest BCUT2D eigenvalue weighted by atomic mass is 10.3. The van der Waals surface area contributed by atoms with Crippen LogP contribution < -0.4 is 9.47 Å². The number of para-hydroxylation sites is 2. The average Bonchev–Trinajstić information content (AvgIpc) is 0.958. The van der Waals surface area contributed by atoms with Crippen molar-refractivity contribution in [1.29, 1.82) is 0 Å². The third-order valence-corrected chi connectivity index (χ3v) is 12.7. The molecule has 38 nitrogen and oxygen atoms in total. The first kappa shape index (κ1) is 113. The maximum Gasteiger partial charge on any atom is 0.344 e. The summed E-state index contributed by atoms with van der Waals surface area (Å²) in [5.74, 6) is -2.16. The average molecular weight is 1680 g/mol. The summed E-state index contributed by atoms with van der Waals surface area (Å²) in [5.41, 5.74) is 0. The van der Waals surface area contributed by atoms with E-state index in [0.717, 1.165) is 25.7 Å². The largest absolute Gasteiger partial charge is 0.482 e. The first-order valence-corrected chi connectivity index (χ1v) is 38.6. The highest BCUT2D eigenvalue weighted by molar-refractivity contribution is 5.73. The molecule has 0 aliphatic heterocycles. The molecule has 2 aromatic rings. The first-order chi connectivity index (χ1) is 56.8. The van der Waals surface area contributed by atoms with E-state index in [9.17, 15) is 38.4 Å². The molecule has 116 heavy (non-hydrogen) atoms. The summed E-state index contributed by atoms with van der Waals surface area (Å²) in [6.45, 7) is 22.1. The van der Waals surface area contributed by atoms with Crippen LogP contribution in [0.4, 0.5) is 0 Å². The highest BCUT2D eigenvalue weighted by Gasteiger charge is 2.10. The normalized spacial score (nSPS) is 10.5. The lowest BCUT2D eigenvalue weighted by Gasteiger charge is -2.08. The Bertz CT molecular complexity index is 2390. The highest BCUT2D eigenvalue weighted by Crippen LogP contribution is 2.09. The van der Waals surface area contributed by atoms with Crippen molar-refractivity contribution in [3.63, 3.8) is 0 Å². The van der Waals surface area contributed by atoms with Gasteiger partial charge in [0.1, 0.15) is 104 Å². The van der Waals surface area contributed by atoms with Gasteiger partial charge in [-0.05, 0) is 51.0 Å². The van der Waals surface area contributed by atoms with Gasteiger partial charge in [-0.1, -0.05) is 63.1 Å². The van der Waals surface area contributed by atoms with Crippen molar-refractivity contribution in [2.24, 2.45) is 0 Å². The van der Waals surface area contributed by atoms with Crippen LogP contribution in [0.5, 0.6) is 11.5 Å². The fraction of sp³-hybridized carbons (Fsp3) is 0.744. The minimum absolute atomic E-state index is 0.0272. The number of carbonyl (C=O) groups excluding carboxylic acids is 8. The van der Waals surface area contributed by atoms with Crippen LogP contribution >= 0.6 is 0 Å². The van der Waals surface area contributed by atoms with E-state index in [-0.39, 0.29) is 138 Å². The molecule has 2 aromatic carbocycles. The van der Waals surface area contributed by atoms with Gasteiger partial charge in [-0.15, -0.1) is 0 Å². The van der Waals surface area contributed by atoms with Crippen molar-refractivity contribution in [2.45, 2.75) is 53.4 Å². The molecule has 0 spiro atoms. The van der Waals surface area contributed by atoms with Gasteiger partial charge in [0, 0.05) is 54.9 Å². The molecule has 38 heteroatoms. The number of carbonyl (C=O) groups is 8. The Morgan fingerprint density at radius 3 is 0.569 bits per heavy atom.